The highest BCUT2D eigenvalue weighted by atomic mass is 32.2. The zero-order valence-corrected chi connectivity index (χ0v) is 13.8. The van der Waals surface area contributed by atoms with Crippen molar-refractivity contribution >= 4 is 17.7 Å². The number of halogens is 1. The van der Waals surface area contributed by atoms with E-state index in [0.717, 1.165) is 24.6 Å². The average Bonchev–Trinajstić information content (AvgIpc) is 3.04. The van der Waals surface area contributed by atoms with Crippen molar-refractivity contribution in [1.29, 1.82) is 0 Å². The summed E-state index contributed by atoms with van der Waals surface area (Å²) in [5, 5.41) is 16.4. The molecule has 3 N–H and O–H groups in total. The summed E-state index contributed by atoms with van der Waals surface area (Å²) < 4.78 is 13.4. The number of nitrogens with zero attached hydrogens (tertiary/aromatic N) is 1. The first-order valence-electron chi connectivity index (χ1n) is 7.75. The number of aliphatic hydroxyl groups excluding tert-OH is 1. The van der Waals surface area contributed by atoms with Gasteiger partial charge in [-0.25, -0.2) is 9.38 Å². The van der Waals surface area contributed by atoms with Gasteiger partial charge >= 0.3 is 0 Å². The van der Waals surface area contributed by atoms with Gasteiger partial charge in [0.25, 0.3) is 0 Å². The van der Waals surface area contributed by atoms with Gasteiger partial charge in [0, 0.05) is 23.9 Å². The lowest BCUT2D eigenvalue weighted by Gasteiger charge is -2.14. The molecule has 1 fully saturated rings. The lowest BCUT2D eigenvalue weighted by Crippen LogP contribution is -2.40. The van der Waals surface area contributed by atoms with Gasteiger partial charge < -0.3 is 15.7 Å². The fourth-order valence-corrected chi connectivity index (χ4v) is 3.58. The van der Waals surface area contributed by atoms with E-state index in [2.05, 4.69) is 15.6 Å². The van der Waals surface area contributed by atoms with Gasteiger partial charge in [-0.05, 0) is 43.2 Å². The second-order valence-corrected chi connectivity index (χ2v) is 6.70. The van der Waals surface area contributed by atoms with Crippen molar-refractivity contribution in [2.45, 2.75) is 38.2 Å². The average molecular weight is 325 g/mol. The van der Waals surface area contributed by atoms with E-state index in [1.165, 1.54) is 24.7 Å². The van der Waals surface area contributed by atoms with E-state index in [4.69, 9.17) is 5.11 Å². The first-order chi connectivity index (χ1) is 10.7. The minimum atomic E-state index is -0.376. The smallest absolute Gasteiger partial charge is 0.191 e. The molecule has 6 heteroatoms. The van der Waals surface area contributed by atoms with E-state index >= 15 is 0 Å². The molecule has 1 atom stereocenters. The third-order valence-corrected chi connectivity index (χ3v) is 4.96. The number of guanidine groups is 1. The molecule has 4 nitrogen and oxygen atoms in total. The fraction of sp³-hybridized carbons (Fsp3) is 0.562. The maximum Gasteiger partial charge on any atom is 0.191 e. The van der Waals surface area contributed by atoms with Gasteiger partial charge in [0.05, 0.1) is 13.2 Å². The normalized spacial score (nSPS) is 18.5. The Kier molecular flexibility index (Phi) is 6.99. The van der Waals surface area contributed by atoms with Crippen molar-refractivity contribution in [3.05, 3.63) is 35.1 Å². The van der Waals surface area contributed by atoms with Crippen LogP contribution in [0, 0.1) is 5.82 Å². The minimum absolute atomic E-state index is 0.291. The Morgan fingerprint density at radius 1 is 1.45 bits per heavy atom. The Bertz CT molecular complexity index is 504. The number of hydrogen-bond donors (Lipinski definition) is 3. The molecule has 0 amide bonds. The Morgan fingerprint density at radius 3 is 3.00 bits per heavy atom. The van der Waals surface area contributed by atoms with Crippen molar-refractivity contribution in [1.82, 2.24) is 10.6 Å². The SMILES string of the molecule is CCNC(=NCc1ccc(F)c(CO)c1)NCC1CCCS1. The number of nitrogens with one attached hydrogen (secondary N) is 2. The minimum Gasteiger partial charge on any atom is -0.392 e. The van der Waals surface area contributed by atoms with Gasteiger partial charge in [-0.2, -0.15) is 11.8 Å². The number of aliphatic imine (C=N–C) groups is 1. The van der Waals surface area contributed by atoms with Crippen LogP contribution in [0.25, 0.3) is 0 Å². The Labute approximate surface area is 135 Å². The van der Waals surface area contributed by atoms with Crippen LogP contribution < -0.4 is 10.6 Å². The predicted molar refractivity (Wildman–Crippen MR) is 90.6 cm³/mol. The number of benzene rings is 1. The molecule has 1 aliphatic rings. The Balaban J connectivity index is 1.93. The second-order valence-electron chi connectivity index (χ2n) is 5.29. The van der Waals surface area contributed by atoms with Crippen molar-refractivity contribution in [2.75, 3.05) is 18.8 Å². The highest BCUT2D eigenvalue weighted by Crippen LogP contribution is 2.25. The summed E-state index contributed by atoms with van der Waals surface area (Å²) in [6.07, 6.45) is 2.55. The largest absolute Gasteiger partial charge is 0.392 e. The predicted octanol–water partition coefficient (Wildman–Crippen LogP) is 2.27. The molecular weight excluding hydrogens is 301 g/mol. The molecule has 2 rings (SSSR count). The molecule has 22 heavy (non-hydrogen) atoms. The summed E-state index contributed by atoms with van der Waals surface area (Å²) in [6, 6.07) is 4.75. The molecule has 1 unspecified atom stereocenters. The van der Waals surface area contributed by atoms with Gasteiger partial charge in [-0.15, -0.1) is 0 Å². The Hall–Kier alpha value is -1.27. The molecular formula is C16H24FN3OS. The number of aliphatic hydroxyl groups is 1. The van der Waals surface area contributed by atoms with Gasteiger partial charge in [-0.3, -0.25) is 0 Å². The number of thioether (sulfide) groups is 1. The standard InChI is InChI=1S/C16H24FN3OS/c1-2-18-16(20-10-14-4-3-7-22-14)19-9-12-5-6-15(17)13(8-12)11-21/h5-6,8,14,21H,2-4,7,9-11H2,1H3,(H2,18,19,20). The highest BCUT2D eigenvalue weighted by Gasteiger charge is 2.15. The summed E-state index contributed by atoms with van der Waals surface area (Å²) in [5.74, 6) is 1.66. The van der Waals surface area contributed by atoms with E-state index in [-0.39, 0.29) is 12.4 Å². The topological polar surface area (TPSA) is 56.7 Å². The van der Waals surface area contributed by atoms with E-state index in [0.29, 0.717) is 17.4 Å². The van der Waals surface area contributed by atoms with E-state index in [1.807, 2.05) is 18.7 Å². The summed E-state index contributed by atoms with van der Waals surface area (Å²) in [7, 11) is 0. The van der Waals surface area contributed by atoms with Crippen LogP contribution in [0.1, 0.15) is 30.9 Å². The van der Waals surface area contributed by atoms with Crippen LogP contribution >= 0.6 is 11.8 Å². The third-order valence-electron chi connectivity index (χ3n) is 3.57. The van der Waals surface area contributed by atoms with Crippen LogP contribution in [0.15, 0.2) is 23.2 Å². The van der Waals surface area contributed by atoms with Crippen LogP contribution in [0.5, 0.6) is 0 Å². The van der Waals surface area contributed by atoms with Gasteiger partial charge in [0.15, 0.2) is 5.96 Å². The fourth-order valence-electron chi connectivity index (χ4n) is 2.38. The molecule has 0 saturated carbocycles. The number of hydrogen-bond acceptors (Lipinski definition) is 3. The zero-order valence-electron chi connectivity index (χ0n) is 12.9. The van der Waals surface area contributed by atoms with Gasteiger partial charge in [0.1, 0.15) is 5.82 Å². The molecule has 0 aliphatic carbocycles. The molecule has 122 valence electrons. The zero-order chi connectivity index (χ0) is 15.8. The summed E-state index contributed by atoms with van der Waals surface area (Å²) >= 11 is 2.01. The van der Waals surface area contributed by atoms with Gasteiger partial charge in [0.2, 0.25) is 0 Å². The molecule has 0 radical (unpaired) electrons. The molecule has 1 saturated heterocycles. The van der Waals surface area contributed by atoms with Crippen LogP contribution in [-0.2, 0) is 13.2 Å². The van der Waals surface area contributed by atoms with E-state index < -0.39 is 0 Å². The van der Waals surface area contributed by atoms with Crippen LogP contribution in [0.3, 0.4) is 0 Å². The number of rotatable bonds is 6. The lowest BCUT2D eigenvalue weighted by atomic mass is 10.1. The summed E-state index contributed by atoms with van der Waals surface area (Å²) in [4.78, 5) is 4.53. The maximum absolute atomic E-state index is 13.4. The van der Waals surface area contributed by atoms with Crippen LogP contribution in [-0.4, -0.2) is 35.2 Å². The van der Waals surface area contributed by atoms with Crippen LogP contribution in [0.4, 0.5) is 4.39 Å². The first kappa shape index (κ1) is 17.1. The molecule has 0 aromatic heterocycles. The monoisotopic (exact) mass is 325 g/mol. The molecule has 1 aromatic rings. The van der Waals surface area contributed by atoms with Gasteiger partial charge in [-0.1, -0.05) is 6.07 Å². The van der Waals surface area contributed by atoms with Crippen molar-refractivity contribution in [3.63, 3.8) is 0 Å². The lowest BCUT2D eigenvalue weighted by molar-refractivity contribution is 0.275. The Morgan fingerprint density at radius 2 is 2.32 bits per heavy atom. The van der Waals surface area contributed by atoms with E-state index in [1.54, 1.807) is 12.1 Å². The third kappa shape index (κ3) is 5.18. The first-order valence-corrected chi connectivity index (χ1v) is 8.79. The highest BCUT2D eigenvalue weighted by molar-refractivity contribution is 8.00. The van der Waals surface area contributed by atoms with E-state index in [9.17, 15) is 4.39 Å². The van der Waals surface area contributed by atoms with Crippen molar-refractivity contribution in [2.24, 2.45) is 4.99 Å². The quantitative estimate of drug-likeness (QED) is 0.555. The van der Waals surface area contributed by atoms with Crippen LogP contribution in [0.2, 0.25) is 0 Å². The molecule has 1 heterocycles. The summed E-state index contributed by atoms with van der Waals surface area (Å²) in [5.41, 5.74) is 1.20. The molecule has 1 aromatic carbocycles. The molecule has 0 spiro atoms. The maximum atomic E-state index is 13.4. The molecule has 1 aliphatic heterocycles. The second kappa shape index (κ2) is 9.00. The molecule has 0 bridgehead atoms. The van der Waals surface area contributed by atoms with Crippen molar-refractivity contribution < 1.29 is 9.50 Å². The summed E-state index contributed by atoms with van der Waals surface area (Å²) in [6.45, 7) is 3.92. The van der Waals surface area contributed by atoms with Crippen molar-refractivity contribution in [3.8, 4) is 0 Å².